The van der Waals surface area contributed by atoms with Crippen LogP contribution in [0.15, 0.2) is 11.8 Å². The van der Waals surface area contributed by atoms with Gasteiger partial charge in [-0.25, -0.2) is 4.79 Å². The number of hydrogen-bond donors (Lipinski definition) is 5. The second kappa shape index (κ2) is 7.18. The molecule has 0 aromatic rings. The van der Waals surface area contributed by atoms with Crippen molar-refractivity contribution >= 4 is 5.97 Å². The molecule has 4 rings (SSSR count). The van der Waals surface area contributed by atoms with Gasteiger partial charge in [0.15, 0.2) is 6.29 Å². The van der Waals surface area contributed by atoms with Crippen LogP contribution < -0.4 is 0 Å². The minimum atomic E-state index is -1.60. The lowest BCUT2D eigenvalue weighted by molar-refractivity contribution is -0.344. The Morgan fingerprint density at radius 2 is 1.96 bits per heavy atom. The fourth-order valence-corrected chi connectivity index (χ4v) is 4.53. The number of fused-ring (bicyclic) bond motifs is 3. The Morgan fingerprint density at radius 1 is 1.21 bits per heavy atom. The van der Waals surface area contributed by atoms with E-state index in [2.05, 4.69) is 0 Å². The van der Waals surface area contributed by atoms with Gasteiger partial charge in [0.2, 0.25) is 6.29 Å². The summed E-state index contributed by atoms with van der Waals surface area (Å²) in [5, 5.41) is 49.2. The van der Waals surface area contributed by atoms with Gasteiger partial charge in [-0.3, -0.25) is 0 Å². The van der Waals surface area contributed by atoms with Gasteiger partial charge in [0.1, 0.15) is 30.0 Å². The summed E-state index contributed by atoms with van der Waals surface area (Å²) >= 11 is 0. The molecule has 3 heterocycles. The minimum Gasteiger partial charge on any atom is -0.471 e. The summed E-state index contributed by atoms with van der Waals surface area (Å²) in [6, 6.07) is 0. The molecule has 0 amide bonds. The van der Waals surface area contributed by atoms with E-state index in [0.29, 0.717) is 12.0 Å². The Kier molecular flexibility index (Phi) is 5.13. The van der Waals surface area contributed by atoms with Crippen molar-refractivity contribution in [2.75, 3.05) is 20.3 Å². The number of epoxide rings is 1. The van der Waals surface area contributed by atoms with Gasteiger partial charge in [0.25, 0.3) is 0 Å². The van der Waals surface area contributed by atoms with Crippen LogP contribution in [-0.4, -0.2) is 101 Å². The van der Waals surface area contributed by atoms with E-state index in [0.717, 1.165) is 0 Å². The normalized spacial score (nSPS) is 49.5. The molecule has 0 spiro atoms. The van der Waals surface area contributed by atoms with E-state index in [-0.39, 0.29) is 18.6 Å². The van der Waals surface area contributed by atoms with Crippen molar-refractivity contribution in [1.29, 1.82) is 0 Å². The molecule has 0 bridgehead atoms. The van der Waals surface area contributed by atoms with Crippen LogP contribution in [0, 0.1) is 11.8 Å². The monoisotopic (exact) mass is 404 g/mol. The van der Waals surface area contributed by atoms with Crippen molar-refractivity contribution in [2.45, 2.75) is 55.1 Å². The predicted molar refractivity (Wildman–Crippen MR) is 86.1 cm³/mol. The summed E-state index contributed by atoms with van der Waals surface area (Å²) in [5.41, 5.74) is -0.651. The third-order valence-corrected chi connectivity index (χ3v) is 6.12. The highest BCUT2D eigenvalue weighted by Gasteiger charge is 2.73. The Bertz CT molecular complexity index is 647. The van der Waals surface area contributed by atoms with Gasteiger partial charge in [-0.15, -0.1) is 0 Å². The fourth-order valence-electron chi connectivity index (χ4n) is 4.53. The van der Waals surface area contributed by atoms with Crippen LogP contribution in [0.2, 0.25) is 0 Å². The average molecular weight is 404 g/mol. The lowest BCUT2D eigenvalue weighted by atomic mass is 9.81. The number of aliphatic hydroxyl groups excluding tert-OH is 5. The lowest BCUT2D eigenvalue weighted by Crippen LogP contribution is -2.60. The van der Waals surface area contributed by atoms with Crippen LogP contribution in [0.25, 0.3) is 0 Å². The molecule has 0 unspecified atom stereocenters. The summed E-state index contributed by atoms with van der Waals surface area (Å²) in [4.78, 5) is 12.1. The second-order valence-electron chi connectivity index (χ2n) is 7.49. The Morgan fingerprint density at radius 3 is 2.61 bits per heavy atom. The van der Waals surface area contributed by atoms with E-state index >= 15 is 0 Å². The predicted octanol–water partition coefficient (Wildman–Crippen LogP) is -3.02. The third-order valence-electron chi connectivity index (χ3n) is 6.12. The average Bonchev–Trinajstić information content (AvgIpc) is 3.32. The van der Waals surface area contributed by atoms with Gasteiger partial charge in [-0.1, -0.05) is 0 Å². The van der Waals surface area contributed by atoms with Gasteiger partial charge < -0.3 is 49.2 Å². The molecule has 158 valence electrons. The summed E-state index contributed by atoms with van der Waals surface area (Å²) in [7, 11) is 1.25. The molecule has 4 aliphatic rings. The highest BCUT2D eigenvalue weighted by atomic mass is 16.8. The Balaban J connectivity index is 1.57. The molecule has 0 aromatic heterocycles. The van der Waals surface area contributed by atoms with Crippen LogP contribution in [-0.2, 0) is 28.5 Å². The van der Waals surface area contributed by atoms with Crippen molar-refractivity contribution in [3.63, 3.8) is 0 Å². The first-order valence-electron chi connectivity index (χ1n) is 9.06. The third kappa shape index (κ3) is 2.85. The van der Waals surface area contributed by atoms with E-state index in [4.69, 9.17) is 23.7 Å². The maximum atomic E-state index is 12.1. The van der Waals surface area contributed by atoms with Crippen LogP contribution >= 0.6 is 0 Å². The molecule has 3 aliphatic heterocycles. The van der Waals surface area contributed by atoms with Crippen molar-refractivity contribution < 1.29 is 54.0 Å². The van der Waals surface area contributed by atoms with Crippen LogP contribution in [0.5, 0.6) is 0 Å². The van der Waals surface area contributed by atoms with Crippen LogP contribution in [0.3, 0.4) is 0 Å². The molecular formula is C17H24O11. The zero-order valence-corrected chi connectivity index (χ0v) is 15.1. The van der Waals surface area contributed by atoms with Gasteiger partial charge in [-0.05, 0) is 6.42 Å². The van der Waals surface area contributed by atoms with Gasteiger partial charge in [-0.2, -0.15) is 0 Å². The van der Waals surface area contributed by atoms with E-state index < -0.39 is 61.1 Å². The van der Waals surface area contributed by atoms with Crippen molar-refractivity contribution in [3.05, 3.63) is 11.8 Å². The standard InChI is InChI=1S/C17H24O11/c1-24-14(23)7-4-25-15(10-6(7)2-9-17(10,5-19)28-9)27-16-13(22)12(21)11(20)8(3-18)26-16/h4,6,8-13,15-16,18-22H,2-3,5H2,1H3/t6-,8-,9+,10-,11-,12+,13-,15+,16+,17+/m1/s1. The minimum absolute atomic E-state index is 0.275. The van der Waals surface area contributed by atoms with E-state index in [1.54, 1.807) is 0 Å². The lowest BCUT2D eigenvalue weighted by Gasteiger charge is -2.43. The molecular weight excluding hydrogens is 380 g/mol. The molecule has 5 N–H and O–H groups in total. The zero-order valence-electron chi connectivity index (χ0n) is 15.1. The zero-order chi connectivity index (χ0) is 20.2. The summed E-state index contributed by atoms with van der Waals surface area (Å²) < 4.78 is 27.1. The van der Waals surface area contributed by atoms with Crippen molar-refractivity contribution in [2.24, 2.45) is 11.8 Å². The van der Waals surface area contributed by atoms with E-state index in [1.807, 2.05) is 0 Å². The quantitative estimate of drug-likeness (QED) is 0.234. The molecule has 28 heavy (non-hydrogen) atoms. The number of methoxy groups -OCH3 is 1. The topological polar surface area (TPSA) is 168 Å². The number of aliphatic hydroxyl groups is 5. The molecule has 1 aliphatic carbocycles. The van der Waals surface area contributed by atoms with E-state index in [1.165, 1.54) is 13.4 Å². The highest BCUT2D eigenvalue weighted by molar-refractivity contribution is 5.89. The number of hydrogen-bond acceptors (Lipinski definition) is 11. The molecule has 10 atom stereocenters. The van der Waals surface area contributed by atoms with E-state index in [9.17, 15) is 30.3 Å². The highest BCUT2D eigenvalue weighted by Crippen LogP contribution is 2.61. The molecule has 1 saturated carbocycles. The SMILES string of the molecule is COC(=O)C1=CO[C@@H](O[C@@H]2O[C@H](CO)[C@@H](O)[C@H](O)[C@H]2O)[C@H]2[C@@H]1C[C@@H]1O[C@]21CO. The molecule has 3 fully saturated rings. The molecule has 0 aromatic carbocycles. The van der Waals surface area contributed by atoms with Gasteiger partial charge >= 0.3 is 5.97 Å². The maximum absolute atomic E-state index is 12.1. The number of carbonyl (C=O) groups excluding carboxylic acids is 1. The Labute approximate surface area is 160 Å². The molecule has 11 heteroatoms. The van der Waals surface area contributed by atoms with Crippen molar-refractivity contribution in [3.8, 4) is 0 Å². The van der Waals surface area contributed by atoms with Crippen LogP contribution in [0.4, 0.5) is 0 Å². The smallest absolute Gasteiger partial charge is 0.337 e. The number of carbonyl (C=O) groups is 1. The van der Waals surface area contributed by atoms with Gasteiger partial charge in [0.05, 0.1) is 44.2 Å². The first-order chi connectivity index (χ1) is 13.4. The summed E-state index contributed by atoms with van der Waals surface area (Å²) in [6.45, 7) is -0.911. The number of rotatable bonds is 5. The van der Waals surface area contributed by atoms with Gasteiger partial charge in [0, 0.05) is 5.92 Å². The second-order valence-corrected chi connectivity index (χ2v) is 7.49. The van der Waals surface area contributed by atoms with Crippen molar-refractivity contribution in [1.82, 2.24) is 0 Å². The largest absolute Gasteiger partial charge is 0.471 e. The Hall–Kier alpha value is -1.31. The molecule has 11 nitrogen and oxygen atoms in total. The maximum Gasteiger partial charge on any atom is 0.337 e. The van der Waals surface area contributed by atoms with Crippen LogP contribution in [0.1, 0.15) is 6.42 Å². The summed E-state index contributed by atoms with van der Waals surface area (Å²) in [5.74, 6) is -1.51. The molecule has 2 saturated heterocycles. The first kappa shape index (κ1) is 20.0. The number of esters is 1. The first-order valence-corrected chi connectivity index (χ1v) is 9.06. The fraction of sp³-hybridized carbons (Fsp3) is 0.824. The number of ether oxygens (including phenoxy) is 5. The summed E-state index contributed by atoms with van der Waals surface area (Å²) in [6.07, 6.45) is -6.93. The molecule has 0 radical (unpaired) electrons.